The van der Waals surface area contributed by atoms with Gasteiger partial charge in [-0.05, 0) is 60.2 Å². The maximum atomic E-state index is 4.85. The zero-order chi connectivity index (χ0) is 29.4. The third-order valence-corrected chi connectivity index (χ3v) is 7.13. The van der Waals surface area contributed by atoms with Crippen LogP contribution in [0.3, 0.4) is 0 Å². The summed E-state index contributed by atoms with van der Waals surface area (Å²) in [6.07, 6.45) is 7.65. The summed E-state index contributed by atoms with van der Waals surface area (Å²) in [6.45, 7) is 5.89. The molecule has 0 radical (unpaired) electrons. The molecule has 0 bridgehead atoms. The summed E-state index contributed by atoms with van der Waals surface area (Å²) in [5.74, 6) is 1.92. The first-order valence-electron chi connectivity index (χ1n) is 14.0. The zero-order valence-corrected chi connectivity index (χ0v) is 23.8. The highest BCUT2D eigenvalue weighted by Crippen LogP contribution is 2.29. The largest absolute Gasteiger partial charge is 0.265 e. The lowest BCUT2D eigenvalue weighted by atomic mass is 10.00. The lowest BCUT2D eigenvalue weighted by molar-refractivity contribution is 1.07. The molecule has 5 nitrogen and oxygen atoms in total. The number of hydrogen-bond acceptors (Lipinski definition) is 5. The van der Waals surface area contributed by atoms with E-state index in [0.29, 0.717) is 17.5 Å². The van der Waals surface area contributed by atoms with E-state index in [-0.39, 0.29) is 0 Å². The maximum Gasteiger partial charge on any atom is 0.164 e. The molecule has 2 heterocycles. The van der Waals surface area contributed by atoms with Crippen LogP contribution in [0.2, 0.25) is 0 Å². The SMILES string of the molecule is C=N/C(=C\C=C(/C)c1ccncc1)c1cccc(-c2ccc(-c3nc(-c4ccccc4)nc(-c4ccccc4)n3)cc2)c1. The van der Waals surface area contributed by atoms with Gasteiger partial charge in [-0.3, -0.25) is 9.98 Å². The fraction of sp³-hybridized carbons (Fsp3) is 0.0263. The number of allylic oxidation sites excluding steroid dienone is 3. The normalized spacial score (nSPS) is 11.7. The molecule has 0 amide bonds. The predicted octanol–water partition coefficient (Wildman–Crippen LogP) is 9.08. The minimum Gasteiger partial charge on any atom is -0.265 e. The van der Waals surface area contributed by atoms with Gasteiger partial charge in [0, 0.05) is 34.6 Å². The van der Waals surface area contributed by atoms with Crippen LogP contribution >= 0.6 is 0 Å². The fourth-order valence-electron chi connectivity index (χ4n) is 4.76. The van der Waals surface area contributed by atoms with Gasteiger partial charge in [-0.1, -0.05) is 109 Å². The number of nitrogens with zero attached hydrogens (tertiary/aromatic N) is 5. The molecule has 0 saturated heterocycles. The van der Waals surface area contributed by atoms with Crippen molar-refractivity contribution in [3.63, 3.8) is 0 Å². The van der Waals surface area contributed by atoms with Crippen LogP contribution in [0, 0.1) is 0 Å². The zero-order valence-electron chi connectivity index (χ0n) is 23.8. The van der Waals surface area contributed by atoms with Crippen LogP contribution in [0.15, 0.2) is 151 Å². The summed E-state index contributed by atoms with van der Waals surface area (Å²) in [5, 5.41) is 0. The van der Waals surface area contributed by atoms with Gasteiger partial charge in [0.1, 0.15) is 0 Å². The molecule has 0 saturated carbocycles. The highest BCUT2D eigenvalue weighted by atomic mass is 15.0. The average molecular weight is 556 g/mol. The third kappa shape index (κ3) is 6.42. The lowest BCUT2D eigenvalue weighted by Crippen LogP contribution is -2.00. The molecule has 0 fully saturated rings. The molecule has 2 aromatic heterocycles. The fourth-order valence-corrected chi connectivity index (χ4v) is 4.76. The Labute approximate surface area is 251 Å². The van der Waals surface area contributed by atoms with Gasteiger partial charge in [0.15, 0.2) is 17.5 Å². The van der Waals surface area contributed by atoms with E-state index in [1.165, 1.54) is 0 Å². The van der Waals surface area contributed by atoms with Gasteiger partial charge in [-0.25, -0.2) is 15.0 Å². The second-order valence-corrected chi connectivity index (χ2v) is 9.99. The molecule has 0 aliphatic heterocycles. The van der Waals surface area contributed by atoms with Gasteiger partial charge < -0.3 is 0 Å². The Morgan fingerprint density at radius 1 is 0.535 bits per heavy atom. The molecule has 5 heteroatoms. The van der Waals surface area contributed by atoms with Gasteiger partial charge in [-0.2, -0.15) is 0 Å². The Balaban J connectivity index is 1.31. The Kier molecular flexibility index (Phi) is 8.14. The topological polar surface area (TPSA) is 63.9 Å². The van der Waals surface area contributed by atoms with Gasteiger partial charge >= 0.3 is 0 Å². The van der Waals surface area contributed by atoms with Crippen molar-refractivity contribution >= 4 is 18.0 Å². The Morgan fingerprint density at radius 3 is 1.60 bits per heavy atom. The van der Waals surface area contributed by atoms with Crippen molar-refractivity contribution in [2.45, 2.75) is 6.92 Å². The van der Waals surface area contributed by atoms with Gasteiger partial charge in [0.05, 0.1) is 5.70 Å². The number of rotatable bonds is 8. The molecule has 0 atom stereocenters. The second-order valence-electron chi connectivity index (χ2n) is 9.99. The highest BCUT2D eigenvalue weighted by Gasteiger charge is 2.12. The molecule has 0 aliphatic rings. The van der Waals surface area contributed by atoms with E-state index >= 15 is 0 Å². The first-order chi connectivity index (χ1) is 21.2. The van der Waals surface area contributed by atoms with Crippen LogP contribution in [0.5, 0.6) is 0 Å². The van der Waals surface area contributed by atoms with Crippen LogP contribution < -0.4 is 0 Å². The van der Waals surface area contributed by atoms with Crippen LogP contribution in [0.1, 0.15) is 18.1 Å². The van der Waals surface area contributed by atoms with Crippen molar-refractivity contribution in [1.29, 1.82) is 0 Å². The summed E-state index contributed by atoms with van der Waals surface area (Å²) < 4.78 is 0. The summed E-state index contributed by atoms with van der Waals surface area (Å²) >= 11 is 0. The minimum atomic E-state index is 0.630. The van der Waals surface area contributed by atoms with E-state index in [1.54, 1.807) is 12.4 Å². The van der Waals surface area contributed by atoms with E-state index in [0.717, 1.165) is 50.2 Å². The Hall–Kier alpha value is -5.81. The molecule has 206 valence electrons. The Morgan fingerprint density at radius 2 is 1.05 bits per heavy atom. The molecule has 4 aromatic carbocycles. The van der Waals surface area contributed by atoms with E-state index in [4.69, 9.17) is 15.0 Å². The van der Waals surface area contributed by atoms with E-state index in [2.05, 4.69) is 72.2 Å². The monoisotopic (exact) mass is 555 g/mol. The third-order valence-electron chi connectivity index (χ3n) is 7.13. The summed E-state index contributed by atoms with van der Waals surface area (Å²) in [6, 6.07) is 40.6. The Bertz CT molecular complexity index is 1850. The van der Waals surface area contributed by atoms with Crippen LogP contribution in [-0.4, -0.2) is 26.7 Å². The molecular formula is C38H29N5. The number of pyridine rings is 1. The molecule has 6 rings (SSSR count). The van der Waals surface area contributed by atoms with Crippen molar-refractivity contribution in [1.82, 2.24) is 19.9 Å². The highest BCUT2D eigenvalue weighted by molar-refractivity contribution is 5.77. The quantitative estimate of drug-likeness (QED) is 0.139. The molecule has 0 N–H and O–H groups in total. The first-order valence-corrected chi connectivity index (χ1v) is 14.0. The van der Waals surface area contributed by atoms with Crippen molar-refractivity contribution in [2.75, 3.05) is 0 Å². The summed E-state index contributed by atoms with van der Waals surface area (Å²) in [5.41, 5.74) is 9.02. The smallest absolute Gasteiger partial charge is 0.164 e. The van der Waals surface area contributed by atoms with E-state index < -0.39 is 0 Å². The molecule has 43 heavy (non-hydrogen) atoms. The predicted molar refractivity (Wildman–Crippen MR) is 177 cm³/mol. The van der Waals surface area contributed by atoms with Gasteiger partial charge in [-0.15, -0.1) is 0 Å². The van der Waals surface area contributed by atoms with E-state index in [9.17, 15) is 0 Å². The standard InChI is InChI=1S/C38H29N5/c1-27(28-22-24-40-25-23-28)16-21-35(39-2)34-15-9-14-33(26-34)29-17-19-32(20-18-29)38-42-36(30-10-5-3-6-11-30)41-37(43-38)31-12-7-4-8-13-31/h3-26H,2H2,1H3/b27-16+,35-21-. The number of aromatic nitrogens is 4. The van der Waals surface area contributed by atoms with Crippen LogP contribution in [0.4, 0.5) is 0 Å². The molecule has 0 spiro atoms. The van der Waals surface area contributed by atoms with Crippen LogP contribution in [0.25, 0.3) is 56.6 Å². The molecule has 0 unspecified atom stereocenters. The minimum absolute atomic E-state index is 0.630. The van der Waals surface area contributed by atoms with E-state index in [1.807, 2.05) is 84.9 Å². The van der Waals surface area contributed by atoms with Gasteiger partial charge in [0.2, 0.25) is 0 Å². The summed E-state index contributed by atoms with van der Waals surface area (Å²) in [7, 11) is 0. The van der Waals surface area contributed by atoms with Crippen LogP contribution in [-0.2, 0) is 0 Å². The summed E-state index contributed by atoms with van der Waals surface area (Å²) in [4.78, 5) is 22.9. The van der Waals surface area contributed by atoms with Crippen molar-refractivity contribution in [3.8, 4) is 45.3 Å². The average Bonchev–Trinajstić information content (AvgIpc) is 3.09. The van der Waals surface area contributed by atoms with Gasteiger partial charge in [0.25, 0.3) is 0 Å². The molecule has 6 aromatic rings. The number of aliphatic imine (C=N–C) groups is 1. The number of benzene rings is 4. The number of hydrogen-bond donors (Lipinski definition) is 0. The van der Waals surface area contributed by atoms with Crippen molar-refractivity contribution < 1.29 is 0 Å². The first kappa shape index (κ1) is 27.4. The van der Waals surface area contributed by atoms with Crippen molar-refractivity contribution in [2.24, 2.45) is 4.99 Å². The second kappa shape index (κ2) is 12.8. The molecular weight excluding hydrogens is 526 g/mol. The lowest BCUT2D eigenvalue weighted by Gasteiger charge is -2.10. The maximum absolute atomic E-state index is 4.85. The van der Waals surface area contributed by atoms with Crippen molar-refractivity contribution in [3.05, 3.63) is 157 Å². The molecule has 0 aliphatic carbocycles.